The predicted molar refractivity (Wildman–Crippen MR) is 492 cm³/mol. The molecule has 2 aliphatic rings. The van der Waals surface area contributed by atoms with Crippen LogP contribution in [-0.2, 0) is 0 Å². The number of benzene rings is 19. The first-order chi connectivity index (χ1) is 57.1. The number of fused-ring (bicyclic) bond motifs is 12. The molecular formula is C110H70BN3S. The minimum atomic E-state index is -0.341. The number of thiophene rings is 1. The number of nitrogens with zero attached hydrogens (tertiary/aromatic N) is 3. The molecule has 0 saturated carbocycles. The summed E-state index contributed by atoms with van der Waals surface area (Å²) in [6.07, 6.45) is 0. The Labute approximate surface area is 672 Å². The summed E-state index contributed by atoms with van der Waals surface area (Å²) in [4.78, 5) is 5.46. The van der Waals surface area contributed by atoms with Gasteiger partial charge in [-0.1, -0.05) is 358 Å². The molecule has 3 nitrogen and oxygen atoms in total. The Morgan fingerprint density at radius 3 is 1.05 bits per heavy atom. The maximum absolute atomic E-state index is 2.74. The summed E-state index contributed by atoms with van der Waals surface area (Å²) in [5.41, 5.74) is 34.0. The molecule has 0 atom stereocenters. The fraction of sp³-hybridized carbons (Fsp3) is 0. The third-order valence-corrected chi connectivity index (χ3v) is 25.3. The van der Waals surface area contributed by atoms with Crippen molar-refractivity contribution in [1.29, 1.82) is 0 Å². The molecule has 0 amide bonds. The van der Waals surface area contributed by atoms with Crippen LogP contribution in [0.5, 0.6) is 0 Å². The Bertz CT molecular complexity index is 7210. The van der Waals surface area contributed by atoms with Gasteiger partial charge in [0.15, 0.2) is 0 Å². The van der Waals surface area contributed by atoms with Crippen molar-refractivity contribution < 1.29 is 0 Å². The second-order valence-electron chi connectivity index (χ2n) is 30.4. The third-order valence-electron chi connectivity index (χ3n) is 24.1. The number of hydrogen-bond acceptors (Lipinski definition) is 3. The van der Waals surface area contributed by atoms with E-state index in [-0.39, 0.29) is 6.71 Å². The van der Waals surface area contributed by atoms with Crippen LogP contribution in [-0.4, -0.2) is 11.3 Å². The molecule has 0 fully saturated rings. The van der Waals surface area contributed by atoms with Crippen LogP contribution in [0.25, 0.3) is 169 Å². The van der Waals surface area contributed by atoms with Crippen LogP contribution in [0.15, 0.2) is 425 Å². The Kier molecular flexibility index (Phi) is 15.6. The molecule has 0 bridgehead atoms. The second kappa shape index (κ2) is 27.1. The van der Waals surface area contributed by atoms with Gasteiger partial charge in [0.2, 0.25) is 0 Å². The first-order valence-electron chi connectivity index (χ1n) is 39.7. The van der Waals surface area contributed by atoms with Crippen LogP contribution in [0.3, 0.4) is 0 Å². The van der Waals surface area contributed by atoms with E-state index >= 15 is 0 Å². The molecule has 0 saturated heterocycles. The average Bonchev–Trinajstić information content (AvgIpc) is 1.15. The molecule has 21 aromatic rings. The van der Waals surface area contributed by atoms with E-state index in [1.807, 2.05) is 11.3 Å². The Morgan fingerprint density at radius 2 is 0.583 bits per heavy atom. The van der Waals surface area contributed by atoms with Crippen molar-refractivity contribution in [3.63, 3.8) is 0 Å². The van der Waals surface area contributed by atoms with Crippen molar-refractivity contribution in [2.45, 2.75) is 0 Å². The normalized spacial score (nSPS) is 12.3. The quantitative estimate of drug-likeness (QED) is 0.0892. The standard InChI is InChI=1S/C110H70BN3S/c1-8-33-71(34-9-1)80-63-92(73-37-12-3-13-38-73)108(93(64-80)74-39-14-4-15-40-74)113-100-62-60-78(83-54-32-55-91-86-49-28-31-58-104(86)115-110(83)91)67-97(100)111-96-61-59-79(106-89-52-24-22-50-87(89)105(77-45-20-7-21-46-77)88-51-23-25-53-90(88)106)68-101(96)114(103-70-82(69-102(113)107(103)111)112-98-56-29-26-47-84(98)85-48-27-30-57-99(85)112)109-94(75-41-16-5-17-42-75)65-81(72-35-10-2-11-36-72)66-95(109)76-43-18-6-19-44-76/h1-70H. The molecule has 4 heterocycles. The maximum atomic E-state index is 2.74. The molecule has 534 valence electrons. The largest absolute Gasteiger partial charge is 0.310 e. The highest BCUT2D eigenvalue weighted by atomic mass is 32.1. The maximum Gasteiger partial charge on any atom is 0.252 e. The van der Waals surface area contributed by atoms with Crippen molar-refractivity contribution in [3.8, 4) is 106 Å². The van der Waals surface area contributed by atoms with E-state index in [1.165, 1.54) is 96.7 Å². The van der Waals surface area contributed by atoms with Crippen LogP contribution in [0.2, 0.25) is 0 Å². The van der Waals surface area contributed by atoms with Crippen LogP contribution in [0, 0.1) is 0 Å². The number of para-hydroxylation sites is 2. The SMILES string of the molecule is c1ccc(-c2cc(-c3ccccc3)c(N3c4ccc(-c5cccc6c5sc5ccccc56)cc4B4c5ccc(-c6c7ccccc7c(-c7ccccc7)c7ccccc67)cc5N(c5c(-c6ccccc6)cc(-c6ccccc6)cc5-c5ccccc5)c5cc(-n6c7ccccc7c7ccccc76)cc3c54)c(-c3ccccc3)c2)cc1. The molecular weight excluding hydrogens is 1410 g/mol. The lowest BCUT2D eigenvalue weighted by molar-refractivity contribution is 1.16. The van der Waals surface area contributed by atoms with E-state index in [4.69, 9.17) is 0 Å². The van der Waals surface area contributed by atoms with Gasteiger partial charge in [-0.05, 0) is 183 Å². The van der Waals surface area contributed by atoms with E-state index in [0.29, 0.717) is 0 Å². The average molecular weight is 1480 g/mol. The van der Waals surface area contributed by atoms with Gasteiger partial charge in [0.25, 0.3) is 6.71 Å². The first kappa shape index (κ1) is 66.2. The summed E-state index contributed by atoms with van der Waals surface area (Å²) >= 11 is 1.89. The zero-order chi connectivity index (χ0) is 75.6. The monoisotopic (exact) mass is 1480 g/mol. The number of hydrogen-bond donors (Lipinski definition) is 0. The van der Waals surface area contributed by atoms with Crippen LogP contribution in [0.4, 0.5) is 34.1 Å². The topological polar surface area (TPSA) is 11.4 Å². The van der Waals surface area contributed by atoms with Crippen molar-refractivity contribution >= 4 is 132 Å². The predicted octanol–water partition coefficient (Wildman–Crippen LogP) is 28.5. The molecule has 2 aliphatic heterocycles. The Balaban J connectivity index is 0.924. The van der Waals surface area contributed by atoms with Crippen LogP contribution >= 0.6 is 11.3 Å². The molecule has 19 aromatic carbocycles. The molecule has 0 radical (unpaired) electrons. The van der Waals surface area contributed by atoms with Gasteiger partial charge >= 0.3 is 0 Å². The molecule has 2 aromatic heterocycles. The smallest absolute Gasteiger partial charge is 0.252 e. The minimum Gasteiger partial charge on any atom is -0.310 e. The van der Waals surface area contributed by atoms with E-state index in [9.17, 15) is 0 Å². The summed E-state index contributed by atoms with van der Waals surface area (Å²) in [5.74, 6) is 0. The number of rotatable bonds is 12. The van der Waals surface area contributed by atoms with Crippen LogP contribution in [0.1, 0.15) is 0 Å². The van der Waals surface area contributed by atoms with Gasteiger partial charge in [0.1, 0.15) is 0 Å². The fourth-order valence-electron chi connectivity index (χ4n) is 19.1. The first-order valence-corrected chi connectivity index (χ1v) is 40.5. The lowest BCUT2D eigenvalue weighted by Gasteiger charge is -2.46. The van der Waals surface area contributed by atoms with Gasteiger partial charge < -0.3 is 14.4 Å². The summed E-state index contributed by atoms with van der Waals surface area (Å²) in [6.45, 7) is -0.341. The Hall–Kier alpha value is -14.6. The lowest BCUT2D eigenvalue weighted by atomic mass is 9.33. The number of aromatic nitrogens is 1. The molecule has 0 unspecified atom stereocenters. The molecule has 23 rings (SSSR count). The molecule has 0 N–H and O–H groups in total. The summed E-state index contributed by atoms with van der Waals surface area (Å²) in [7, 11) is 0. The van der Waals surface area contributed by atoms with Gasteiger partial charge in [-0.2, -0.15) is 0 Å². The summed E-state index contributed by atoms with van der Waals surface area (Å²) in [6, 6.07) is 160. The highest BCUT2D eigenvalue weighted by Gasteiger charge is 2.46. The molecule has 0 spiro atoms. The van der Waals surface area contributed by atoms with Crippen molar-refractivity contribution in [2.24, 2.45) is 0 Å². The van der Waals surface area contributed by atoms with Crippen molar-refractivity contribution in [1.82, 2.24) is 4.57 Å². The summed E-state index contributed by atoms with van der Waals surface area (Å²) in [5, 5.41) is 9.74. The molecule has 0 aliphatic carbocycles. The van der Waals surface area contributed by atoms with E-state index in [2.05, 4.69) is 439 Å². The van der Waals surface area contributed by atoms with Gasteiger partial charge in [-0.25, -0.2) is 0 Å². The lowest BCUT2D eigenvalue weighted by Crippen LogP contribution is -2.61. The summed E-state index contributed by atoms with van der Waals surface area (Å²) < 4.78 is 5.11. The van der Waals surface area contributed by atoms with E-state index < -0.39 is 0 Å². The van der Waals surface area contributed by atoms with E-state index in [0.717, 1.165) is 123 Å². The molecule has 5 heteroatoms. The minimum absolute atomic E-state index is 0.341. The highest BCUT2D eigenvalue weighted by molar-refractivity contribution is 7.26. The van der Waals surface area contributed by atoms with Crippen molar-refractivity contribution in [3.05, 3.63) is 425 Å². The Morgan fingerprint density at radius 1 is 0.209 bits per heavy atom. The zero-order valence-electron chi connectivity index (χ0n) is 62.7. The molecule has 115 heavy (non-hydrogen) atoms. The van der Waals surface area contributed by atoms with Crippen LogP contribution < -0.4 is 26.2 Å². The second-order valence-corrected chi connectivity index (χ2v) is 31.5. The zero-order valence-corrected chi connectivity index (χ0v) is 63.6. The fourth-order valence-corrected chi connectivity index (χ4v) is 20.4. The third kappa shape index (κ3) is 10.7. The van der Waals surface area contributed by atoms with Gasteiger partial charge in [0, 0.05) is 75.9 Å². The highest BCUT2D eigenvalue weighted by Crippen LogP contribution is 2.57. The van der Waals surface area contributed by atoms with Crippen molar-refractivity contribution in [2.75, 3.05) is 9.80 Å². The number of anilines is 6. The van der Waals surface area contributed by atoms with Gasteiger partial charge in [0.05, 0.1) is 28.1 Å². The van der Waals surface area contributed by atoms with Gasteiger partial charge in [-0.3, -0.25) is 0 Å². The van der Waals surface area contributed by atoms with E-state index in [1.54, 1.807) is 0 Å². The van der Waals surface area contributed by atoms with Gasteiger partial charge in [-0.15, -0.1) is 11.3 Å².